The largest absolute Gasteiger partial charge is 0.474 e. The highest BCUT2D eigenvalue weighted by molar-refractivity contribution is 5.88. The Balaban J connectivity index is 2.05. The molecule has 1 atom stereocenters. The molecule has 1 N–H and O–H groups in total. The Bertz CT molecular complexity index is 914. The summed E-state index contributed by atoms with van der Waals surface area (Å²) < 4.78 is 11.4. The molecule has 0 saturated heterocycles. The summed E-state index contributed by atoms with van der Waals surface area (Å²) >= 11 is 0. The van der Waals surface area contributed by atoms with Crippen molar-refractivity contribution < 1.29 is 14.3 Å². The van der Waals surface area contributed by atoms with Crippen molar-refractivity contribution in [3.05, 3.63) is 78.5 Å². The number of aromatic amines is 1. The van der Waals surface area contributed by atoms with Crippen LogP contribution in [-0.2, 0) is 22.4 Å². The summed E-state index contributed by atoms with van der Waals surface area (Å²) in [5.74, 6) is 0.283. The number of aromatic nitrogens is 1. The summed E-state index contributed by atoms with van der Waals surface area (Å²) in [4.78, 5) is 15.8. The number of benzene rings is 2. The van der Waals surface area contributed by atoms with Gasteiger partial charge in [0.15, 0.2) is 0 Å². The van der Waals surface area contributed by atoms with E-state index < -0.39 is 11.6 Å². The third-order valence-electron chi connectivity index (χ3n) is 4.46. The molecule has 0 aliphatic rings. The van der Waals surface area contributed by atoms with Crippen molar-refractivity contribution in [2.45, 2.75) is 25.4 Å². The first kappa shape index (κ1) is 17.8. The molecule has 0 amide bonds. The summed E-state index contributed by atoms with van der Waals surface area (Å²) in [5.41, 5.74) is 1.80. The molecule has 26 heavy (non-hydrogen) atoms. The van der Waals surface area contributed by atoms with E-state index in [0.29, 0.717) is 18.6 Å². The average Bonchev–Trinajstić information content (AvgIpc) is 3.13. The topological polar surface area (TPSA) is 51.3 Å². The summed E-state index contributed by atoms with van der Waals surface area (Å²) in [6.07, 6.45) is 4.75. The highest BCUT2D eigenvalue weighted by atomic mass is 16.6. The van der Waals surface area contributed by atoms with Gasteiger partial charge < -0.3 is 14.5 Å². The van der Waals surface area contributed by atoms with Crippen LogP contribution in [0.1, 0.15) is 18.1 Å². The van der Waals surface area contributed by atoms with Crippen LogP contribution in [0.15, 0.2) is 67.4 Å². The standard InChI is InChI=1S/C22H23NO3/c1-4-8-17-11-12-19-18(13-14-23-19)20(17)26-22(2,21(24)25-3)15-16-9-6-5-7-10-16/h4-7,9-14,23H,1,8,15H2,2-3H3. The fourth-order valence-corrected chi connectivity index (χ4v) is 3.16. The van der Waals surface area contributed by atoms with Gasteiger partial charge in [0, 0.05) is 23.5 Å². The number of methoxy groups -OCH3 is 1. The first-order valence-corrected chi connectivity index (χ1v) is 8.58. The Kier molecular flexibility index (Phi) is 5.12. The molecule has 0 radical (unpaired) electrons. The molecular formula is C22H23NO3. The van der Waals surface area contributed by atoms with Gasteiger partial charge in [0.1, 0.15) is 5.75 Å². The zero-order chi connectivity index (χ0) is 18.6. The van der Waals surface area contributed by atoms with Gasteiger partial charge >= 0.3 is 5.97 Å². The van der Waals surface area contributed by atoms with Gasteiger partial charge in [-0.1, -0.05) is 42.5 Å². The number of carbonyl (C=O) groups is 1. The van der Waals surface area contributed by atoms with Crippen LogP contribution in [0.2, 0.25) is 0 Å². The van der Waals surface area contributed by atoms with Crippen molar-refractivity contribution in [3.8, 4) is 5.75 Å². The summed E-state index contributed by atoms with van der Waals surface area (Å²) in [6, 6.07) is 15.8. The first-order chi connectivity index (χ1) is 12.6. The molecule has 1 unspecified atom stereocenters. The Labute approximate surface area is 153 Å². The zero-order valence-electron chi connectivity index (χ0n) is 15.1. The summed E-state index contributed by atoms with van der Waals surface area (Å²) in [7, 11) is 1.39. The minimum atomic E-state index is -1.14. The monoisotopic (exact) mass is 349 g/mol. The quantitative estimate of drug-likeness (QED) is 0.506. The number of H-pyrrole nitrogens is 1. The Morgan fingerprint density at radius 2 is 1.96 bits per heavy atom. The van der Waals surface area contributed by atoms with E-state index in [2.05, 4.69) is 11.6 Å². The molecule has 3 rings (SSSR count). The molecule has 1 aromatic heterocycles. The second-order valence-corrected chi connectivity index (χ2v) is 6.47. The number of nitrogens with one attached hydrogen (secondary N) is 1. The van der Waals surface area contributed by atoms with Crippen molar-refractivity contribution in [1.82, 2.24) is 4.98 Å². The second-order valence-electron chi connectivity index (χ2n) is 6.47. The van der Waals surface area contributed by atoms with Crippen LogP contribution in [0, 0.1) is 0 Å². The maximum absolute atomic E-state index is 12.6. The van der Waals surface area contributed by atoms with Crippen molar-refractivity contribution in [3.63, 3.8) is 0 Å². The van der Waals surface area contributed by atoms with Crippen LogP contribution < -0.4 is 4.74 Å². The minimum Gasteiger partial charge on any atom is -0.474 e. The molecule has 3 aromatic rings. The normalized spacial score (nSPS) is 13.2. The van der Waals surface area contributed by atoms with Gasteiger partial charge in [-0.15, -0.1) is 6.58 Å². The van der Waals surface area contributed by atoms with Gasteiger partial charge in [-0.2, -0.15) is 0 Å². The zero-order valence-corrected chi connectivity index (χ0v) is 15.1. The SMILES string of the molecule is C=CCc1ccc2[nH]ccc2c1OC(C)(Cc1ccccc1)C(=O)OC. The Morgan fingerprint density at radius 1 is 1.19 bits per heavy atom. The van der Waals surface area contributed by atoms with Crippen LogP contribution in [0.3, 0.4) is 0 Å². The van der Waals surface area contributed by atoms with Crippen molar-refractivity contribution >= 4 is 16.9 Å². The van der Waals surface area contributed by atoms with Crippen molar-refractivity contribution in [1.29, 1.82) is 0 Å². The minimum absolute atomic E-state index is 0.404. The third kappa shape index (κ3) is 3.49. The van der Waals surface area contributed by atoms with E-state index in [1.807, 2.05) is 60.8 Å². The molecule has 4 heteroatoms. The maximum Gasteiger partial charge on any atom is 0.350 e. The fraction of sp³-hybridized carbons (Fsp3) is 0.227. The van der Waals surface area contributed by atoms with Crippen LogP contribution in [0.4, 0.5) is 0 Å². The van der Waals surface area contributed by atoms with Gasteiger partial charge in [0.25, 0.3) is 0 Å². The van der Waals surface area contributed by atoms with Crippen LogP contribution >= 0.6 is 0 Å². The maximum atomic E-state index is 12.6. The van der Waals surface area contributed by atoms with Crippen LogP contribution in [0.25, 0.3) is 10.9 Å². The number of rotatable bonds is 7. The van der Waals surface area contributed by atoms with Crippen LogP contribution in [0.5, 0.6) is 5.75 Å². The molecule has 0 bridgehead atoms. The van der Waals surface area contributed by atoms with Gasteiger partial charge in [0.2, 0.25) is 5.60 Å². The molecule has 0 aliphatic heterocycles. The number of ether oxygens (including phenoxy) is 2. The van der Waals surface area contributed by atoms with E-state index in [1.165, 1.54) is 7.11 Å². The van der Waals surface area contributed by atoms with Gasteiger partial charge in [-0.3, -0.25) is 0 Å². The number of fused-ring (bicyclic) bond motifs is 1. The molecule has 4 nitrogen and oxygen atoms in total. The fourth-order valence-electron chi connectivity index (χ4n) is 3.16. The van der Waals surface area contributed by atoms with E-state index in [9.17, 15) is 4.79 Å². The number of allylic oxidation sites excluding steroid dienone is 1. The van der Waals surface area contributed by atoms with Gasteiger partial charge in [-0.05, 0) is 36.6 Å². The molecule has 1 heterocycles. The first-order valence-electron chi connectivity index (χ1n) is 8.58. The number of hydrogen-bond donors (Lipinski definition) is 1. The van der Waals surface area contributed by atoms with E-state index in [1.54, 1.807) is 6.92 Å². The Hall–Kier alpha value is -3.01. The molecule has 134 valence electrons. The lowest BCUT2D eigenvalue weighted by molar-refractivity contribution is -0.157. The molecule has 0 fully saturated rings. The van der Waals surface area contributed by atoms with Gasteiger partial charge in [0.05, 0.1) is 7.11 Å². The lowest BCUT2D eigenvalue weighted by atomic mass is 9.95. The lowest BCUT2D eigenvalue weighted by Gasteiger charge is -2.29. The molecule has 0 aliphatic carbocycles. The second kappa shape index (κ2) is 7.48. The summed E-state index contributed by atoms with van der Waals surface area (Å²) in [6.45, 7) is 5.60. The molecule has 0 spiro atoms. The van der Waals surface area contributed by atoms with E-state index in [-0.39, 0.29) is 0 Å². The molecule has 0 saturated carbocycles. The lowest BCUT2D eigenvalue weighted by Crippen LogP contribution is -2.44. The molecule has 2 aromatic carbocycles. The number of esters is 1. The third-order valence-corrected chi connectivity index (χ3v) is 4.46. The highest BCUT2D eigenvalue weighted by Crippen LogP contribution is 2.34. The number of hydrogen-bond acceptors (Lipinski definition) is 3. The Morgan fingerprint density at radius 3 is 2.65 bits per heavy atom. The van der Waals surface area contributed by atoms with E-state index in [4.69, 9.17) is 9.47 Å². The predicted octanol–water partition coefficient (Wildman–Crippen LogP) is 4.45. The van der Waals surface area contributed by atoms with E-state index >= 15 is 0 Å². The smallest absolute Gasteiger partial charge is 0.350 e. The van der Waals surface area contributed by atoms with E-state index in [0.717, 1.165) is 22.0 Å². The molecular weight excluding hydrogens is 326 g/mol. The van der Waals surface area contributed by atoms with Crippen LogP contribution in [-0.4, -0.2) is 23.7 Å². The summed E-state index contributed by atoms with van der Waals surface area (Å²) in [5, 5.41) is 0.938. The van der Waals surface area contributed by atoms with Crippen molar-refractivity contribution in [2.24, 2.45) is 0 Å². The number of carbonyl (C=O) groups excluding carboxylic acids is 1. The highest BCUT2D eigenvalue weighted by Gasteiger charge is 2.38. The predicted molar refractivity (Wildman–Crippen MR) is 103 cm³/mol. The van der Waals surface area contributed by atoms with Crippen molar-refractivity contribution in [2.75, 3.05) is 7.11 Å². The average molecular weight is 349 g/mol. The van der Waals surface area contributed by atoms with Gasteiger partial charge in [-0.25, -0.2) is 4.79 Å².